The van der Waals surface area contributed by atoms with Crippen molar-refractivity contribution in [1.82, 2.24) is 15.0 Å². The molecule has 6 heteroatoms. The van der Waals surface area contributed by atoms with Crippen molar-refractivity contribution < 1.29 is 0 Å². The molecule has 0 radical (unpaired) electrons. The van der Waals surface area contributed by atoms with Crippen LogP contribution >= 0.6 is 11.3 Å². The Labute approximate surface area is 161 Å². The summed E-state index contributed by atoms with van der Waals surface area (Å²) in [5.74, 6) is 0. The Bertz CT molecular complexity index is 1060. The van der Waals surface area contributed by atoms with Crippen LogP contribution in [-0.4, -0.2) is 20.7 Å². The van der Waals surface area contributed by atoms with E-state index < -0.39 is 0 Å². The molecule has 0 atom stereocenters. The van der Waals surface area contributed by atoms with Gasteiger partial charge in [-0.1, -0.05) is 24.3 Å². The lowest BCUT2D eigenvalue weighted by atomic mass is 10.2. The highest BCUT2D eigenvalue weighted by atomic mass is 32.1. The number of thiazole rings is 1. The molecule has 0 fully saturated rings. The first-order valence-electron chi connectivity index (χ1n) is 8.49. The van der Waals surface area contributed by atoms with Crippen LogP contribution in [0.4, 0.5) is 5.69 Å². The minimum Gasteiger partial charge on any atom is -0.278 e. The van der Waals surface area contributed by atoms with E-state index in [1.165, 1.54) is 0 Å². The van der Waals surface area contributed by atoms with Crippen molar-refractivity contribution in [2.75, 3.05) is 5.43 Å². The topological polar surface area (TPSA) is 63.1 Å². The van der Waals surface area contributed by atoms with Crippen LogP contribution in [-0.2, 0) is 0 Å². The summed E-state index contributed by atoms with van der Waals surface area (Å²) < 4.78 is 0. The Hall–Kier alpha value is -3.38. The third-order valence-corrected chi connectivity index (χ3v) is 4.98. The summed E-state index contributed by atoms with van der Waals surface area (Å²) in [6.45, 7) is 1.94. The number of rotatable bonds is 5. The summed E-state index contributed by atoms with van der Waals surface area (Å²) in [5.41, 5.74) is 7.54. The second-order valence-electron chi connectivity index (χ2n) is 5.85. The zero-order valence-corrected chi connectivity index (χ0v) is 15.5. The molecule has 1 N–H and O–H groups in total. The van der Waals surface area contributed by atoms with Gasteiger partial charge >= 0.3 is 0 Å². The van der Waals surface area contributed by atoms with Crippen LogP contribution in [0.25, 0.3) is 21.1 Å². The van der Waals surface area contributed by atoms with E-state index in [2.05, 4.69) is 20.5 Å². The van der Waals surface area contributed by atoms with Crippen LogP contribution in [0.2, 0.25) is 0 Å². The van der Waals surface area contributed by atoms with Crippen LogP contribution in [0.15, 0.2) is 84.4 Å². The standard InChI is InChI=1S/C21H17N5S/c1-15(25-26-17-8-3-2-4-9-17)18-10-5-11-19(24-18)20-14-23-21(27-20)16-7-6-12-22-13-16/h2-14,26H,1H3/b25-15+. The van der Waals surface area contributed by atoms with Gasteiger partial charge in [-0.25, -0.2) is 9.97 Å². The Morgan fingerprint density at radius 1 is 0.963 bits per heavy atom. The van der Waals surface area contributed by atoms with Gasteiger partial charge in [0, 0.05) is 24.2 Å². The highest BCUT2D eigenvalue weighted by Gasteiger charge is 2.09. The number of nitrogens with zero attached hydrogens (tertiary/aromatic N) is 4. The molecule has 0 aliphatic heterocycles. The number of anilines is 1. The van der Waals surface area contributed by atoms with Crippen molar-refractivity contribution >= 4 is 22.7 Å². The van der Waals surface area contributed by atoms with E-state index in [9.17, 15) is 0 Å². The zero-order valence-electron chi connectivity index (χ0n) is 14.7. The van der Waals surface area contributed by atoms with Gasteiger partial charge in [-0.2, -0.15) is 5.10 Å². The van der Waals surface area contributed by atoms with Crippen LogP contribution in [0.3, 0.4) is 0 Å². The molecule has 4 rings (SSSR count). The van der Waals surface area contributed by atoms with E-state index in [-0.39, 0.29) is 0 Å². The minimum atomic E-state index is 0.817. The molecule has 0 amide bonds. The van der Waals surface area contributed by atoms with E-state index in [4.69, 9.17) is 4.98 Å². The highest BCUT2D eigenvalue weighted by Crippen LogP contribution is 2.30. The predicted octanol–water partition coefficient (Wildman–Crippen LogP) is 5.10. The molecule has 5 nitrogen and oxygen atoms in total. The average Bonchev–Trinajstić information content (AvgIpc) is 3.24. The van der Waals surface area contributed by atoms with Gasteiger partial charge in [-0.05, 0) is 43.3 Å². The monoisotopic (exact) mass is 371 g/mol. The zero-order chi connectivity index (χ0) is 18.5. The van der Waals surface area contributed by atoms with Crippen molar-refractivity contribution in [2.24, 2.45) is 5.10 Å². The maximum atomic E-state index is 4.75. The molecule has 0 aliphatic carbocycles. The van der Waals surface area contributed by atoms with Crippen molar-refractivity contribution in [2.45, 2.75) is 6.92 Å². The summed E-state index contributed by atoms with van der Waals surface area (Å²) in [4.78, 5) is 14.4. The van der Waals surface area contributed by atoms with Gasteiger partial charge in [0.2, 0.25) is 0 Å². The van der Waals surface area contributed by atoms with Gasteiger partial charge in [0.1, 0.15) is 5.01 Å². The lowest BCUT2D eigenvalue weighted by Gasteiger charge is -2.04. The van der Waals surface area contributed by atoms with Crippen molar-refractivity contribution in [1.29, 1.82) is 0 Å². The number of hydrogen-bond acceptors (Lipinski definition) is 6. The summed E-state index contributed by atoms with van der Waals surface area (Å²) >= 11 is 1.60. The van der Waals surface area contributed by atoms with Gasteiger partial charge < -0.3 is 0 Å². The predicted molar refractivity (Wildman–Crippen MR) is 111 cm³/mol. The molecule has 4 aromatic rings. The fourth-order valence-electron chi connectivity index (χ4n) is 2.51. The fourth-order valence-corrected chi connectivity index (χ4v) is 3.38. The van der Waals surface area contributed by atoms with E-state index in [1.54, 1.807) is 17.5 Å². The molecular formula is C21H17N5S. The molecule has 0 saturated heterocycles. The summed E-state index contributed by atoms with van der Waals surface area (Å²) in [6.07, 6.45) is 5.43. The van der Waals surface area contributed by atoms with Gasteiger partial charge in [-0.15, -0.1) is 11.3 Å². The quantitative estimate of drug-likeness (QED) is 0.391. The Balaban J connectivity index is 1.57. The van der Waals surface area contributed by atoms with Crippen molar-refractivity contribution in [3.05, 3.63) is 84.9 Å². The molecule has 27 heavy (non-hydrogen) atoms. The van der Waals surface area contributed by atoms with Gasteiger partial charge in [0.15, 0.2) is 0 Å². The van der Waals surface area contributed by atoms with Crippen LogP contribution < -0.4 is 5.43 Å². The third-order valence-electron chi connectivity index (χ3n) is 3.91. The number of para-hydroxylation sites is 1. The molecule has 0 unspecified atom stereocenters. The molecular weight excluding hydrogens is 354 g/mol. The maximum absolute atomic E-state index is 4.75. The second-order valence-corrected chi connectivity index (χ2v) is 6.89. The van der Waals surface area contributed by atoms with Crippen molar-refractivity contribution in [3.8, 4) is 21.1 Å². The molecule has 132 valence electrons. The first-order chi connectivity index (χ1) is 13.3. The van der Waals surface area contributed by atoms with Gasteiger partial charge in [0.25, 0.3) is 0 Å². The molecule has 1 aromatic carbocycles. The molecule has 0 spiro atoms. The second kappa shape index (κ2) is 7.88. The SMILES string of the molecule is C/C(=N\Nc1ccccc1)c1cccc(-c2cnc(-c3cccnc3)s2)n1. The van der Waals surface area contributed by atoms with E-state index in [0.29, 0.717) is 0 Å². The Morgan fingerprint density at radius 2 is 1.85 bits per heavy atom. The lowest BCUT2D eigenvalue weighted by Crippen LogP contribution is -2.02. The Kier molecular flexibility index (Phi) is 4.98. The summed E-state index contributed by atoms with van der Waals surface area (Å²) in [7, 11) is 0. The molecule has 0 bridgehead atoms. The average molecular weight is 371 g/mol. The minimum absolute atomic E-state index is 0.817. The fraction of sp³-hybridized carbons (Fsp3) is 0.0476. The lowest BCUT2D eigenvalue weighted by molar-refractivity contribution is 1.25. The number of aromatic nitrogens is 3. The van der Waals surface area contributed by atoms with E-state index in [1.807, 2.05) is 80.0 Å². The highest BCUT2D eigenvalue weighted by molar-refractivity contribution is 7.18. The van der Waals surface area contributed by atoms with Crippen LogP contribution in [0.1, 0.15) is 12.6 Å². The van der Waals surface area contributed by atoms with E-state index >= 15 is 0 Å². The number of hydrogen-bond donors (Lipinski definition) is 1. The number of nitrogens with one attached hydrogen (secondary N) is 1. The van der Waals surface area contributed by atoms with Crippen LogP contribution in [0.5, 0.6) is 0 Å². The summed E-state index contributed by atoms with van der Waals surface area (Å²) in [5, 5.41) is 5.37. The number of pyridine rings is 2. The smallest absolute Gasteiger partial charge is 0.125 e. The van der Waals surface area contributed by atoms with Crippen molar-refractivity contribution in [3.63, 3.8) is 0 Å². The normalized spacial score (nSPS) is 11.4. The largest absolute Gasteiger partial charge is 0.278 e. The molecule has 3 aromatic heterocycles. The number of benzene rings is 1. The first kappa shape index (κ1) is 17.1. The maximum Gasteiger partial charge on any atom is 0.125 e. The first-order valence-corrected chi connectivity index (χ1v) is 9.30. The molecule has 0 saturated carbocycles. The Morgan fingerprint density at radius 3 is 2.67 bits per heavy atom. The van der Waals surface area contributed by atoms with Gasteiger partial charge in [-0.3, -0.25) is 10.4 Å². The third kappa shape index (κ3) is 4.07. The summed E-state index contributed by atoms with van der Waals surface area (Å²) in [6, 6.07) is 19.7. The van der Waals surface area contributed by atoms with Gasteiger partial charge in [0.05, 0.1) is 27.7 Å². The number of hydrazone groups is 1. The van der Waals surface area contributed by atoms with Crippen LogP contribution in [0, 0.1) is 0 Å². The molecule has 3 heterocycles. The van der Waals surface area contributed by atoms with E-state index in [0.717, 1.165) is 38.2 Å². The molecule has 0 aliphatic rings.